The van der Waals surface area contributed by atoms with Crippen LogP contribution in [0.5, 0.6) is 5.75 Å². The van der Waals surface area contributed by atoms with Crippen LogP contribution in [-0.2, 0) is 0 Å². The zero-order valence-electron chi connectivity index (χ0n) is 19.2. The molecule has 5 rings (SSSR count). The molecular formula is C27H19BrClN3O3S. The molecule has 9 heteroatoms. The number of carbonyl (C=O) groups is 1. The van der Waals surface area contributed by atoms with Crippen LogP contribution in [0.15, 0.2) is 75.6 Å². The Hall–Kier alpha value is -3.46. The maximum Gasteiger partial charge on any atom is 0.261 e. The number of amides is 1. The van der Waals surface area contributed by atoms with E-state index < -0.39 is 5.91 Å². The summed E-state index contributed by atoms with van der Waals surface area (Å²) in [6.07, 6.45) is 0. The molecule has 0 aliphatic heterocycles. The van der Waals surface area contributed by atoms with Crippen LogP contribution < -0.4 is 15.4 Å². The number of aryl methyl sites for hydroxylation is 1. The van der Waals surface area contributed by atoms with E-state index in [0.29, 0.717) is 43.5 Å². The number of anilines is 1. The maximum atomic E-state index is 13.1. The number of hydrogen-bond acceptors (Lipinski definition) is 5. The minimum Gasteiger partial charge on any atom is -0.495 e. The number of carbonyl (C=O) groups excluding carboxylic acids is 1. The van der Waals surface area contributed by atoms with Crippen molar-refractivity contribution >= 4 is 78.3 Å². The zero-order valence-corrected chi connectivity index (χ0v) is 22.3. The summed E-state index contributed by atoms with van der Waals surface area (Å²) in [6, 6.07) is 20.6. The van der Waals surface area contributed by atoms with E-state index in [1.165, 1.54) is 7.11 Å². The van der Waals surface area contributed by atoms with E-state index in [9.17, 15) is 4.79 Å². The lowest BCUT2D eigenvalue weighted by atomic mass is 10.1. The molecule has 2 N–H and O–H groups in total. The number of rotatable bonds is 4. The third-order valence-electron chi connectivity index (χ3n) is 5.62. The first-order chi connectivity index (χ1) is 17.3. The number of aromatic nitrogens is 1. The van der Waals surface area contributed by atoms with Gasteiger partial charge in [-0.05, 0) is 87.8 Å². The minimum atomic E-state index is -0.419. The van der Waals surface area contributed by atoms with Crippen molar-refractivity contribution in [1.82, 2.24) is 10.3 Å². The Labute approximate surface area is 225 Å². The summed E-state index contributed by atoms with van der Waals surface area (Å²) in [7, 11) is 1.51. The highest BCUT2D eigenvalue weighted by Crippen LogP contribution is 2.36. The summed E-state index contributed by atoms with van der Waals surface area (Å²) < 4.78 is 12.1. The summed E-state index contributed by atoms with van der Waals surface area (Å²) in [5.74, 6) is 0.452. The molecule has 0 saturated heterocycles. The van der Waals surface area contributed by atoms with Gasteiger partial charge < -0.3 is 14.5 Å². The van der Waals surface area contributed by atoms with Crippen LogP contribution in [0.1, 0.15) is 15.9 Å². The molecule has 0 fully saturated rings. The fourth-order valence-electron chi connectivity index (χ4n) is 3.89. The van der Waals surface area contributed by atoms with Gasteiger partial charge in [0.2, 0.25) is 5.89 Å². The van der Waals surface area contributed by atoms with Crippen LogP contribution in [0.3, 0.4) is 0 Å². The average molecular weight is 581 g/mol. The molecule has 0 saturated carbocycles. The molecule has 1 heterocycles. The lowest BCUT2D eigenvalue weighted by Gasteiger charge is -2.15. The number of hydrogen-bond donors (Lipinski definition) is 2. The lowest BCUT2D eigenvalue weighted by Crippen LogP contribution is -2.34. The number of halogens is 2. The second kappa shape index (κ2) is 9.89. The van der Waals surface area contributed by atoms with Gasteiger partial charge in [0, 0.05) is 5.56 Å². The van der Waals surface area contributed by atoms with Gasteiger partial charge in [-0.15, -0.1) is 0 Å². The number of methoxy groups -OCH3 is 1. The van der Waals surface area contributed by atoms with Crippen molar-refractivity contribution in [2.24, 2.45) is 0 Å². The number of fused-ring (bicyclic) bond motifs is 2. The highest BCUT2D eigenvalue weighted by Gasteiger charge is 2.19. The Balaban J connectivity index is 1.39. The maximum absolute atomic E-state index is 13.1. The number of thiocarbonyl (C=S) groups is 1. The lowest BCUT2D eigenvalue weighted by molar-refractivity contribution is 0.0975. The fraction of sp³-hybridized carbons (Fsp3) is 0.0741. The summed E-state index contributed by atoms with van der Waals surface area (Å²) >= 11 is 15.4. The van der Waals surface area contributed by atoms with E-state index >= 15 is 0 Å². The normalized spacial score (nSPS) is 11.0. The van der Waals surface area contributed by atoms with Crippen LogP contribution >= 0.6 is 39.7 Å². The van der Waals surface area contributed by atoms with E-state index in [1.807, 2.05) is 55.5 Å². The van der Waals surface area contributed by atoms with Gasteiger partial charge in [0.25, 0.3) is 5.91 Å². The predicted octanol–water partition coefficient (Wildman–Crippen LogP) is 7.51. The van der Waals surface area contributed by atoms with E-state index in [1.54, 1.807) is 18.2 Å². The fourth-order valence-corrected chi connectivity index (χ4v) is 4.99. The Morgan fingerprint density at radius 3 is 2.72 bits per heavy atom. The van der Waals surface area contributed by atoms with Crippen molar-refractivity contribution in [2.75, 3.05) is 12.4 Å². The van der Waals surface area contributed by atoms with Gasteiger partial charge in [0.15, 0.2) is 10.7 Å². The number of benzene rings is 4. The second-order valence-electron chi connectivity index (χ2n) is 8.09. The molecule has 36 heavy (non-hydrogen) atoms. The van der Waals surface area contributed by atoms with Crippen LogP contribution in [0, 0.1) is 6.92 Å². The third kappa shape index (κ3) is 4.67. The number of oxazole rings is 1. The van der Waals surface area contributed by atoms with Crippen LogP contribution in [-0.4, -0.2) is 23.1 Å². The molecule has 5 aromatic rings. The van der Waals surface area contributed by atoms with Crippen LogP contribution in [0.4, 0.5) is 5.69 Å². The van der Waals surface area contributed by atoms with Gasteiger partial charge in [-0.2, -0.15) is 0 Å². The highest BCUT2D eigenvalue weighted by molar-refractivity contribution is 9.10. The minimum absolute atomic E-state index is 0.0820. The molecule has 4 aromatic carbocycles. The van der Waals surface area contributed by atoms with Gasteiger partial charge in [-0.25, -0.2) is 4.98 Å². The molecular weight excluding hydrogens is 562 g/mol. The molecule has 0 radical (unpaired) electrons. The van der Waals surface area contributed by atoms with Crippen molar-refractivity contribution in [1.29, 1.82) is 0 Å². The monoisotopic (exact) mass is 579 g/mol. The first-order valence-electron chi connectivity index (χ1n) is 10.9. The predicted molar refractivity (Wildman–Crippen MR) is 151 cm³/mol. The molecule has 0 bridgehead atoms. The van der Waals surface area contributed by atoms with Crippen molar-refractivity contribution in [3.8, 4) is 17.2 Å². The third-order valence-corrected chi connectivity index (χ3v) is 6.94. The highest BCUT2D eigenvalue weighted by atomic mass is 79.9. The second-order valence-corrected chi connectivity index (χ2v) is 9.69. The van der Waals surface area contributed by atoms with Gasteiger partial charge in [-0.1, -0.05) is 41.9 Å². The van der Waals surface area contributed by atoms with Gasteiger partial charge >= 0.3 is 0 Å². The molecule has 1 amide bonds. The number of ether oxygens (including phenoxy) is 1. The van der Waals surface area contributed by atoms with Crippen LogP contribution in [0.2, 0.25) is 5.02 Å². The average Bonchev–Trinajstić information content (AvgIpc) is 3.28. The summed E-state index contributed by atoms with van der Waals surface area (Å²) in [4.78, 5) is 17.7. The molecule has 1 aromatic heterocycles. The van der Waals surface area contributed by atoms with E-state index in [0.717, 1.165) is 21.9 Å². The number of nitrogens with zero attached hydrogens (tertiary/aromatic N) is 1. The quantitative estimate of drug-likeness (QED) is 0.214. The van der Waals surface area contributed by atoms with Gasteiger partial charge in [0.05, 0.1) is 27.9 Å². The SMILES string of the molecule is COc1c(C(=O)NC(=S)Nc2cc(-c3nc4ccc(C)cc4o3)ccc2Cl)cc2ccccc2c1Br. The molecule has 0 aliphatic rings. The molecule has 180 valence electrons. The topological polar surface area (TPSA) is 76.4 Å². The van der Waals surface area contributed by atoms with Crippen molar-refractivity contribution in [3.05, 3.63) is 87.4 Å². The summed E-state index contributed by atoms with van der Waals surface area (Å²) in [6.45, 7) is 1.99. The van der Waals surface area contributed by atoms with E-state index in [4.69, 9.17) is 33.0 Å². The van der Waals surface area contributed by atoms with Crippen molar-refractivity contribution < 1.29 is 13.9 Å². The smallest absolute Gasteiger partial charge is 0.261 e. The summed E-state index contributed by atoms with van der Waals surface area (Å²) in [5, 5.41) is 8.04. The first kappa shape index (κ1) is 24.2. The van der Waals surface area contributed by atoms with Crippen molar-refractivity contribution in [3.63, 3.8) is 0 Å². The summed E-state index contributed by atoms with van der Waals surface area (Å²) in [5.41, 5.74) is 4.11. The Morgan fingerprint density at radius 1 is 1.11 bits per heavy atom. The Bertz CT molecular complexity index is 1670. The van der Waals surface area contributed by atoms with Gasteiger partial charge in [0.1, 0.15) is 11.3 Å². The standard InChI is InChI=1S/C27H19BrClN3O3S/c1-14-7-10-20-22(11-14)35-26(30-20)16-8-9-19(29)21(13-16)31-27(36)32-25(33)18-12-15-5-3-4-6-17(15)23(28)24(18)34-2/h3-13H,1-2H3,(H2,31,32,33,36). The Morgan fingerprint density at radius 2 is 1.92 bits per heavy atom. The first-order valence-corrected chi connectivity index (χ1v) is 12.5. The zero-order chi connectivity index (χ0) is 25.4. The van der Waals surface area contributed by atoms with E-state index in [2.05, 4.69) is 31.5 Å². The molecule has 0 spiro atoms. The molecule has 0 unspecified atom stereocenters. The Kier molecular flexibility index (Phi) is 6.66. The molecule has 6 nitrogen and oxygen atoms in total. The largest absolute Gasteiger partial charge is 0.495 e. The van der Waals surface area contributed by atoms with E-state index in [-0.39, 0.29) is 5.11 Å². The molecule has 0 aliphatic carbocycles. The van der Waals surface area contributed by atoms with Crippen molar-refractivity contribution in [2.45, 2.75) is 6.92 Å². The van der Waals surface area contributed by atoms with Crippen LogP contribution in [0.25, 0.3) is 33.3 Å². The van der Waals surface area contributed by atoms with Gasteiger partial charge in [-0.3, -0.25) is 10.1 Å². The number of nitrogens with one attached hydrogen (secondary N) is 2. The molecule has 0 atom stereocenters.